The van der Waals surface area contributed by atoms with Crippen LogP contribution in [0.25, 0.3) is 10.9 Å². The first-order valence-electron chi connectivity index (χ1n) is 8.69. The number of anilines is 1. The number of hydrogen-bond donors (Lipinski definition) is 2. The standard InChI is InChI=1S/C19H26N4O3/c1-11-8-14-15(7-6-13(17(20)24)16(14)21-11)22(5)12-9-23(10-12)18(25)26-19(2,3)4/h6-8,12,21H,9-10H2,1-5H3,(H2,20,24). The van der Waals surface area contributed by atoms with Crippen molar-refractivity contribution in [3.05, 3.63) is 29.5 Å². The number of primary amides is 1. The molecule has 3 N–H and O–H groups in total. The van der Waals surface area contributed by atoms with Crippen molar-refractivity contribution in [3.63, 3.8) is 0 Å². The first kappa shape index (κ1) is 18.1. The summed E-state index contributed by atoms with van der Waals surface area (Å²) in [5.74, 6) is -0.453. The Morgan fingerprint density at radius 3 is 2.54 bits per heavy atom. The van der Waals surface area contributed by atoms with E-state index < -0.39 is 11.5 Å². The zero-order chi connectivity index (χ0) is 19.2. The number of benzene rings is 1. The third-order valence-corrected chi connectivity index (χ3v) is 4.61. The molecule has 1 aliphatic rings. The average molecular weight is 358 g/mol. The number of nitrogens with two attached hydrogens (primary N) is 1. The van der Waals surface area contributed by atoms with Gasteiger partial charge in [-0.05, 0) is 45.9 Å². The minimum atomic E-state index is -0.493. The minimum Gasteiger partial charge on any atom is -0.444 e. The van der Waals surface area contributed by atoms with E-state index in [1.807, 2.05) is 46.9 Å². The fourth-order valence-corrected chi connectivity index (χ4v) is 3.22. The largest absolute Gasteiger partial charge is 0.444 e. The van der Waals surface area contributed by atoms with Crippen LogP contribution in [-0.2, 0) is 4.74 Å². The lowest BCUT2D eigenvalue weighted by Crippen LogP contribution is -2.61. The predicted octanol–water partition coefficient (Wildman–Crippen LogP) is 2.63. The molecule has 2 heterocycles. The van der Waals surface area contributed by atoms with Gasteiger partial charge in [-0.15, -0.1) is 0 Å². The van der Waals surface area contributed by atoms with Crippen molar-refractivity contribution in [3.8, 4) is 0 Å². The van der Waals surface area contributed by atoms with Crippen LogP contribution < -0.4 is 10.6 Å². The monoisotopic (exact) mass is 358 g/mol. The smallest absolute Gasteiger partial charge is 0.410 e. The number of ether oxygens (including phenoxy) is 1. The quantitative estimate of drug-likeness (QED) is 0.882. The van der Waals surface area contributed by atoms with Gasteiger partial charge in [0.2, 0.25) is 0 Å². The molecular formula is C19H26N4O3. The van der Waals surface area contributed by atoms with Gasteiger partial charge in [0, 0.05) is 36.9 Å². The molecule has 2 aromatic rings. The Morgan fingerprint density at radius 1 is 1.31 bits per heavy atom. The molecule has 0 spiro atoms. The number of H-pyrrole nitrogens is 1. The second-order valence-corrected chi connectivity index (χ2v) is 7.89. The molecule has 0 bridgehead atoms. The average Bonchev–Trinajstić information content (AvgIpc) is 2.82. The van der Waals surface area contributed by atoms with E-state index in [9.17, 15) is 9.59 Å². The number of carbonyl (C=O) groups is 2. The maximum Gasteiger partial charge on any atom is 0.410 e. The van der Waals surface area contributed by atoms with Gasteiger partial charge in [-0.1, -0.05) is 0 Å². The summed E-state index contributed by atoms with van der Waals surface area (Å²) in [5, 5.41) is 0.956. The molecule has 7 nitrogen and oxygen atoms in total. The molecule has 0 aliphatic carbocycles. The highest BCUT2D eigenvalue weighted by Gasteiger charge is 2.36. The molecule has 1 aromatic heterocycles. The van der Waals surface area contributed by atoms with Crippen LogP contribution in [0.5, 0.6) is 0 Å². The molecule has 0 unspecified atom stereocenters. The van der Waals surface area contributed by atoms with Crippen LogP contribution in [-0.4, -0.2) is 53.7 Å². The van der Waals surface area contributed by atoms with Crippen molar-refractivity contribution in [2.24, 2.45) is 5.73 Å². The molecule has 1 aromatic carbocycles. The SMILES string of the molecule is Cc1cc2c(N(C)C3CN(C(=O)OC(C)(C)C)C3)ccc(C(N)=O)c2[nH]1. The summed E-state index contributed by atoms with van der Waals surface area (Å²) in [5.41, 5.74) is 8.19. The Balaban J connectivity index is 1.78. The predicted molar refractivity (Wildman–Crippen MR) is 102 cm³/mol. The van der Waals surface area contributed by atoms with Crippen LogP contribution in [0.4, 0.5) is 10.5 Å². The van der Waals surface area contributed by atoms with E-state index in [0.717, 1.165) is 22.3 Å². The zero-order valence-electron chi connectivity index (χ0n) is 15.9. The highest BCUT2D eigenvalue weighted by atomic mass is 16.6. The zero-order valence-corrected chi connectivity index (χ0v) is 15.9. The molecule has 1 aliphatic heterocycles. The van der Waals surface area contributed by atoms with E-state index >= 15 is 0 Å². The fraction of sp³-hybridized carbons (Fsp3) is 0.474. The Bertz CT molecular complexity index is 860. The molecule has 3 rings (SSSR count). The summed E-state index contributed by atoms with van der Waals surface area (Å²) in [7, 11) is 2.00. The third-order valence-electron chi connectivity index (χ3n) is 4.61. The van der Waals surface area contributed by atoms with Crippen molar-refractivity contribution >= 4 is 28.6 Å². The lowest BCUT2D eigenvalue weighted by molar-refractivity contribution is 0.00853. The number of nitrogens with one attached hydrogen (secondary N) is 1. The van der Waals surface area contributed by atoms with Crippen molar-refractivity contribution in [2.45, 2.75) is 39.3 Å². The summed E-state index contributed by atoms with van der Waals surface area (Å²) < 4.78 is 5.40. The summed E-state index contributed by atoms with van der Waals surface area (Å²) in [6, 6.07) is 5.86. The van der Waals surface area contributed by atoms with Crippen molar-refractivity contribution in [1.82, 2.24) is 9.88 Å². The number of hydrogen-bond acceptors (Lipinski definition) is 4. The van der Waals surface area contributed by atoms with Crippen LogP contribution >= 0.6 is 0 Å². The van der Waals surface area contributed by atoms with E-state index in [4.69, 9.17) is 10.5 Å². The van der Waals surface area contributed by atoms with E-state index in [1.54, 1.807) is 11.0 Å². The number of aromatic nitrogens is 1. The van der Waals surface area contributed by atoms with Gasteiger partial charge in [0.25, 0.3) is 5.91 Å². The number of aromatic amines is 1. The number of carbonyl (C=O) groups excluding carboxylic acids is 2. The Morgan fingerprint density at radius 2 is 1.96 bits per heavy atom. The molecule has 1 fully saturated rings. The van der Waals surface area contributed by atoms with Gasteiger partial charge in [-0.25, -0.2) is 4.79 Å². The van der Waals surface area contributed by atoms with Gasteiger partial charge in [0.1, 0.15) is 5.60 Å². The molecular weight excluding hydrogens is 332 g/mol. The molecule has 0 saturated carbocycles. The molecule has 1 saturated heterocycles. The van der Waals surface area contributed by atoms with Crippen LogP contribution in [0.15, 0.2) is 18.2 Å². The summed E-state index contributed by atoms with van der Waals surface area (Å²) >= 11 is 0. The number of fused-ring (bicyclic) bond motifs is 1. The van der Waals surface area contributed by atoms with Crippen molar-refractivity contribution in [2.75, 3.05) is 25.0 Å². The number of rotatable bonds is 3. The second kappa shape index (κ2) is 6.23. The molecule has 0 radical (unpaired) electrons. The lowest BCUT2D eigenvalue weighted by Gasteiger charge is -2.45. The lowest BCUT2D eigenvalue weighted by atomic mass is 10.0. The van der Waals surface area contributed by atoms with Gasteiger partial charge >= 0.3 is 6.09 Å². The highest BCUT2D eigenvalue weighted by molar-refractivity contribution is 6.08. The normalized spacial score (nSPS) is 15.0. The second-order valence-electron chi connectivity index (χ2n) is 7.89. The Labute approximate surface area is 153 Å². The van der Waals surface area contributed by atoms with Crippen LogP contribution in [0.1, 0.15) is 36.8 Å². The maximum atomic E-state index is 12.1. The number of likely N-dealkylation sites (N-methyl/N-ethyl adjacent to an activating group) is 1. The van der Waals surface area contributed by atoms with Gasteiger partial charge in [-0.3, -0.25) is 4.79 Å². The van der Waals surface area contributed by atoms with E-state index in [0.29, 0.717) is 18.7 Å². The first-order valence-corrected chi connectivity index (χ1v) is 8.69. The topological polar surface area (TPSA) is 91.7 Å². The molecule has 2 amide bonds. The molecule has 26 heavy (non-hydrogen) atoms. The van der Waals surface area contributed by atoms with Crippen LogP contribution in [0, 0.1) is 6.92 Å². The van der Waals surface area contributed by atoms with Gasteiger partial charge in [0.15, 0.2) is 0 Å². The Hall–Kier alpha value is -2.70. The fourth-order valence-electron chi connectivity index (χ4n) is 3.22. The molecule has 7 heteroatoms. The van der Waals surface area contributed by atoms with Crippen LogP contribution in [0.3, 0.4) is 0 Å². The van der Waals surface area contributed by atoms with E-state index in [-0.39, 0.29) is 12.1 Å². The first-order chi connectivity index (χ1) is 12.1. The number of amides is 2. The van der Waals surface area contributed by atoms with Crippen LogP contribution in [0.2, 0.25) is 0 Å². The summed E-state index contributed by atoms with van der Waals surface area (Å²) in [6.45, 7) is 8.74. The third kappa shape index (κ3) is 3.34. The molecule has 140 valence electrons. The number of nitrogens with zero attached hydrogens (tertiary/aromatic N) is 2. The number of likely N-dealkylation sites (tertiary alicyclic amines) is 1. The van der Waals surface area contributed by atoms with Gasteiger partial charge in [0.05, 0.1) is 17.1 Å². The van der Waals surface area contributed by atoms with Crippen molar-refractivity contribution < 1.29 is 14.3 Å². The highest BCUT2D eigenvalue weighted by Crippen LogP contribution is 2.32. The maximum absolute atomic E-state index is 12.1. The van der Waals surface area contributed by atoms with Gasteiger partial charge in [-0.2, -0.15) is 0 Å². The Kier molecular flexibility index (Phi) is 4.34. The number of aryl methyl sites for hydroxylation is 1. The van der Waals surface area contributed by atoms with Gasteiger partial charge < -0.3 is 25.3 Å². The van der Waals surface area contributed by atoms with E-state index in [2.05, 4.69) is 9.88 Å². The van der Waals surface area contributed by atoms with E-state index in [1.165, 1.54) is 0 Å². The molecule has 0 atom stereocenters. The minimum absolute atomic E-state index is 0.195. The van der Waals surface area contributed by atoms with Crippen molar-refractivity contribution in [1.29, 1.82) is 0 Å². The summed E-state index contributed by atoms with van der Waals surface area (Å²) in [4.78, 5) is 30.8. The summed E-state index contributed by atoms with van der Waals surface area (Å²) in [6.07, 6.45) is -0.283.